The minimum Gasteiger partial charge on any atom is -0.493 e. The fourth-order valence-corrected chi connectivity index (χ4v) is 4.24. The number of ether oxygens (including phenoxy) is 1. The number of carbonyl (C=O) groups is 1. The summed E-state index contributed by atoms with van der Waals surface area (Å²) in [7, 11) is -2.05. The minimum atomic E-state index is -3.42. The van der Waals surface area contributed by atoms with Gasteiger partial charge in [0.15, 0.2) is 0 Å². The van der Waals surface area contributed by atoms with Crippen molar-refractivity contribution >= 4 is 27.3 Å². The Morgan fingerprint density at radius 3 is 2.68 bits per heavy atom. The predicted molar refractivity (Wildman–Crippen MR) is 98.3 cm³/mol. The van der Waals surface area contributed by atoms with Crippen LogP contribution in [0.2, 0.25) is 0 Å². The maximum absolute atomic E-state index is 11.9. The molecule has 8 heteroatoms. The molecule has 0 unspecified atom stereocenters. The standard InChI is InChI=1S/C17H22N2O4S2/c1-13-6-3-4-7-15(13)23-11-5-8-16(20)19-12-14-9-10-17(24-14)25(21,22)18-2/h3-4,6-7,9-10,18H,5,8,11-12H2,1-2H3,(H,19,20). The highest BCUT2D eigenvalue weighted by Gasteiger charge is 2.14. The lowest BCUT2D eigenvalue weighted by atomic mass is 10.2. The number of benzene rings is 1. The number of amides is 1. The quantitative estimate of drug-likeness (QED) is 0.653. The van der Waals surface area contributed by atoms with Gasteiger partial charge in [-0.3, -0.25) is 4.79 Å². The molecule has 6 nitrogen and oxygen atoms in total. The summed E-state index contributed by atoms with van der Waals surface area (Å²) in [6, 6.07) is 11.0. The van der Waals surface area contributed by atoms with Crippen LogP contribution in [0.5, 0.6) is 5.75 Å². The summed E-state index contributed by atoms with van der Waals surface area (Å²) in [5.74, 6) is 0.750. The van der Waals surface area contributed by atoms with Gasteiger partial charge in [0.05, 0.1) is 13.2 Å². The molecule has 1 heterocycles. The van der Waals surface area contributed by atoms with Crippen molar-refractivity contribution in [1.82, 2.24) is 10.0 Å². The molecular weight excluding hydrogens is 360 g/mol. The number of sulfonamides is 1. The molecule has 0 saturated carbocycles. The normalized spacial score (nSPS) is 11.3. The Balaban J connectivity index is 1.70. The average molecular weight is 383 g/mol. The van der Waals surface area contributed by atoms with Gasteiger partial charge in [0, 0.05) is 11.3 Å². The topological polar surface area (TPSA) is 84.5 Å². The number of para-hydroxylation sites is 1. The Morgan fingerprint density at radius 1 is 1.20 bits per heavy atom. The van der Waals surface area contributed by atoms with Crippen LogP contribution in [0.3, 0.4) is 0 Å². The van der Waals surface area contributed by atoms with E-state index in [2.05, 4.69) is 10.0 Å². The van der Waals surface area contributed by atoms with Gasteiger partial charge in [-0.15, -0.1) is 11.3 Å². The SMILES string of the molecule is CNS(=O)(=O)c1ccc(CNC(=O)CCCOc2ccccc2C)s1. The Kier molecular flexibility index (Phi) is 6.98. The number of aryl methyl sites for hydroxylation is 1. The van der Waals surface area contributed by atoms with Gasteiger partial charge in [0.1, 0.15) is 9.96 Å². The van der Waals surface area contributed by atoms with E-state index in [1.807, 2.05) is 31.2 Å². The molecule has 0 aliphatic rings. The summed E-state index contributed by atoms with van der Waals surface area (Å²) >= 11 is 1.14. The molecule has 1 aromatic heterocycles. The number of thiophene rings is 1. The zero-order valence-electron chi connectivity index (χ0n) is 14.2. The van der Waals surface area contributed by atoms with Crippen molar-refractivity contribution in [2.75, 3.05) is 13.7 Å². The first-order valence-corrected chi connectivity index (χ1v) is 10.2. The molecule has 2 aromatic rings. The second-order valence-electron chi connectivity index (χ2n) is 5.42. The van der Waals surface area contributed by atoms with Gasteiger partial charge in [-0.25, -0.2) is 13.1 Å². The van der Waals surface area contributed by atoms with Crippen molar-refractivity contribution in [3.8, 4) is 5.75 Å². The van der Waals surface area contributed by atoms with E-state index >= 15 is 0 Å². The Bertz CT molecular complexity index is 816. The molecule has 1 aromatic carbocycles. The van der Waals surface area contributed by atoms with Crippen molar-refractivity contribution in [2.45, 2.75) is 30.5 Å². The van der Waals surface area contributed by atoms with Gasteiger partial charge in [-0.05, 0) is 44.2 Å². The fraction of sp³-hybridized carbons (Fsp3) is 0.353. The van der Waals surface area contributed by atoms with Crippen molar-refractivity contribution in [1.29, 1.82) is 0 Å². The molecule has 1 amide bonds. The lowest BCUT2D eigenvalue weighted by Crippen LogP contribution is -2.22. The molecule has 0 aliphatic carbocycles. The van der Waals surface area contributed by atoms with Crippen LogP contribution in [0, 0.1) is 6.92 Å². The first kappa shape index (κ1) is 19.4. The fourth-order valence-electron chi connectivity index (χ4n) is 2.11. The number of rotatable bonds is 9. The number of hydrogen-bond donors (Lipinski definition) is 2. The molecule has 0 fully saturated rings. The van der Waals surface area contributed by atoms with E-state index in [4.69, 9.17) is 4.74 Å². The number of hydrogen-bond acceptors (Lipinski definition) is 5. The lowest BCUT2D eigenvalue weighted by molar-refractivity contribution is -0.121. The Morgan fingerprint density at radius 2 is 1.96 bits per heavy atom. The second kappa shape index (κ2) is 8.98. The van der Waals surface area contributed by atoms with E-state index in [1.54, 1.807) is 6.07 Å². The molecule has 0 spiro atoms. The summed E-state index contributed by atoms with van der Waals surface area (Å²) in [4.78, 5) is 12.7. The van der Waals surface area contributed by atoms with Crippen molar-refractivity contribution in [2.24, 2.45) is 0 Å². The van der Waals surface area contributed by atoms with Crippen LogP contribution in [-0.4, -0.2) is 28.0 Å². The van der Waals surface area contributed by atoms with Crippen LogP contribution in [0.15, 0.2) is 40.6 Å². The largest absolute Gasteiger partial charge is 0.493 e. The summed E-state index contributed by atoms with van der Waals surface area (Å²) in [5.41, 5.74) is 1.07. The van der Waals surface area contributed by atoms with Crippen LogP contribution in [0.25, 0.3) is 0 Å². The summed E-state index contributed by atoms with van der Waals surface area (Å²) in [5, 5.41) is 2.79. The van der Waals surface area contributed by atoms with E-state index in [9.17, 15) is 13.2 Å². The molecule has 2 N–H and O–H groups in total. The third-order valence-corrected chi connectivity index (χ3v) is 6.52. The zero-order chi connectivity index (χ0) is 18.3. The van der Waals surface area contributed by atoms with Crippen molar-refractivity contribution < 1.29 is 17.9 Å². The van der Waals surface area contributed by atoms with Crippen LogP contribution in [-0.2, 0) is 21.4 Å². The number of nitrogens with one attached hydrogen (secondary N) is 2. The summed E-state index contributed by atoms with van der Waals surface area (Å²) in [6.45, 7) is 2.77. The summed E-state index contributed by atoms with van der Waals surface area (Å²) < 4.78 is 31.5. The predicted octanol–water partition coefficient (Wildman–Crippen LogP) is 2.44. The van der Waals surface area contributed by atoms with Gasteiger partial charge in [0.25, 0.3) is 0 Å². The molecule has 0 aliphatic heterocycles. The monoisotopic (exact) mass is 382 g/mol. The van der Waals surface area contributed by atoms with Crippen molar-refractivity contribution in [3.05, 3.63) is 46.8 Å². The molecule has 0 radical (unpaired) electrons. The first-order valence-electron chi connectivity index (χ1n) is 7.90. The van der Waals surface area contributed by atoms with Gasteiger partial charge in [-0.1, -0.05) is 18.2 Å². The third kappa shape index (κ3) is 5.84. The lowest BCUT2D eigenvalue weighted by Gasteiger charge is -2.08. The minimum absolute atomic E-state index is 0.0835. The van der Waals surface area contributed by atoms with Crippen LogP contribution < -0.4 is 14.8 Å². The highest BCUT2D eigenvalue weighted by atomic mass is 32.2. The number of carbonyl (C=O) groups excluding carboxylic acids is 1. The molecule has 136 valence electrons. The van der Waals surface area contributed by atoms with E-state index in [0.717, 1.165) is 27.5 Å². The highest BCUT2D eigenvalue weighted by Crippen LogP contribution is 2.21. The van der Waals surface area contributed by atoms with E-state index in [1.165, 1.54) is 13.1 Å². The van der Waals surface area contributed by atoms with Gasteiger partial charge in [0.2, 0.25) is 15.9 Å². The van der Waals surface area contributed by atoms with E-state index in [-0.39, 0.29) is 10.1 Å². The maximum Gasteiger partial charge on any atom is 0.249 e. The van der Waals surface area contributed by atoms with Crippen LogP contribution in [0.1, 0.15) is 23.3 Å². The molecule has 2 rings (SSSR count). The van der Waals surface area contributed by atoms with Crippen LogP contribution in [0.4, 0.5) is 0 Å². The summed E-state index contributed by atoms with van der Waals surface area (Å²) in [6.07, 6.45) is 0.975. The third-order valence-electron chi connectivity index (χ3n) is 3.53. The molecule has 0 saturated heterocycles. The highest BCUT2D eigenvalue weighted by molar-refractivity contribution is 7.91. The molecule has 0 bridgehead atoms. The molecule has 0 atom stereocenters. The smallest absolute Gasteiger partial charge is 0.249 e. The zero-order valence-corrected chi connectivity index (χ0v) is 15.9. The first-order chi connectivity index (χ1) is 11.9. The van der Waals surface area contributed by atoms with Gasteiger partial charge < -0.3 is 10.1 Å². The van der Waals surface area contributed by atoms with Gasteiger partial charge >= 0.3 is 0 Å². The maximum atomic E-state index is 11.9. The van der Waals surface area contributed by atoms with E-state index < -0.39 is 10.0 Å². The van der Waals surface area contributed by atoms with E-state index in [0.29, 0.717) is 26.0 Å². The van der Waals surface area contributed by atoms with Gasteiger partial charge in [-0.2, -0.15) is 0 Å². The second-order valence-corrected chi connectivity index (χ2v) is 8.70. The molecular formula is C17H22N2O4S2. The average Bonchev–Trinajstić information content (AvgIpc) is 3.08. The Hall–Kier alpha value is -1.90. The van der Waals surface area contributed by atoms with Crippen molar-refractivity contribution in [3.63, 3.8) is 0 Å². The molecule has 25 heavy (non-hydrogen) atoms. The Labute approximate surface area is 152 Å². The van der Waals surface area contributed by atoms with Crippen LogP contribution >= 0.6 is 11.3 Å².